The summed E-state index contributed by atoms with van der Waals surface area (Å²) in [5.74, 6) is 0.669. The van der Waals surface area contributed by atoms with Gasteiger partial charge in [0.05, 0.1) is 16.9 Å². The maximum atomic E-state index is 13.5. The number of hydrogen-bond donors (Lipinski definition) is 1. The van der Waals surface area contributed by atoms with Crippen LogP contribution in [0.25, 0.3) is 28.2 Å². The molecule has 8 heteroatoms. The van der Waals surface area contributed by atoms with Crippen LogP contribution in [-0.2, 0) is 6.61 Å². The molecule has 4 aromatic heterocycles. The molecule has 0 aromatic carbocycles. The van der Waals surface area contributed by atoms with Gasteiger partial charge in [0, 0.05) is 35.7 Å². The number of thiophene rings is 1. The molecule has 0 saturated carbocycles. The van der Waals surface area contributed by atoms with E-state index in [1.165, 1.54) is 23.7 Å². The van der Waals surface area contributed by atoms with Gasteiger partial charge in [0.2, 0.25) is 0 Å². The van der Waals surface area contributed by atoms with E-state index in [0.29, 0.717) is 28.4 Å². The van der Waals surface area contributed by atoms with Crippen molar-refractivity contribution in [2.45, 2.75) is 6.61 Å². The molecule has 0 amide bonds. The molecule has 0 fully saturated rings. The third kappa shape index (κ3) is 2.46. The van der Waals surface area contributed by atoms with Gasteiger partial charge in [0.25, 0.3) is 5.56 Å². The number of fused-ring (bicyclic) bond motifs is 3. The van der Waals surface area contributed by atoms with E-state index in [1.54, 1.807) is 16.8 Å². The zero-order chi connectivity index (χ0) is 19.1. The molecule has 5 rings (SSSR count). The zero-order valence-electron chi connectivity index (χ0n) is 14.5. The highest BCUT2D eigenvalue weighted by molar-refractivity contribution is 7.08. The van der Waals surface area contributed by atoms with Gasteiger partial charge in [-0.15, -0.1) is 0 Å². The van der Waals surface area contributed by atoms with Gasteiger partial charge in [-0.25, -0.2) is 0 Å². The zero-order valence-corrected chi connectivity index (χ0v) is 15.3. The SMILES string of the molecule is N=Cc1nccnc1-c1cc2c(n(-c3ccsc3)c1=O)COc1cccnc1-2. The Bertz CT molecular complexity index is 1260. The molecule has 0 aliphatic carbocycles. The van der Waals surface area contributed by atoms with Crippen LogP contribution in [-0.4, -0.2) is 25.7 Å². The minimum absolute atomic E-state index is 0.233. The summed E-state index contributed by atoms with van der Waals surface area (Å²) in [5, 5.41) is 11.5. The molecule has 4 aromatic rings. The number of pyridine rings is 2. The Morgan fingerprint density at radius 3 is 2.79 bits per heavy atom. The summed E-state index contributed by atoms with van der Waals surface area (Å²) < 4.78 is 7.49. The van der Waals surface area contributed by atoms with Gasteiger partial charge in [-0.3, -0.25) is 24.3 Å². The predicted molar refractivity (Wildman–Crippen MR) is 106 cm³/mol. The van der Waals surface area contributed by atoms with Crippen molar-refractivity contribution in [1.82, 2.24) is 19.5 Å². The number of aromatic nitrogens is 4. The molecule has 1 N–H and O–H groups in total. The van der Waals surface area contributed by atoms with Gasteiger partial charge < -0.3 is 10.1 Å². The van der Waals surface area contributed by atoms with Crippen molar-refractivity contribution < 1.29 is 4.74 Å². The molecule has 0 atom stereocenters. The first-order valence-electron chi connectivity index (χ1n) is 8.49. The van der Waals surface area contributed by atoms with E-state index < -0.39 is 0 Å². The highest BCUT2D eigenvalue weighted by Crippen LogP contribution is 2.37. The van der Waals surface area contributed by atoms with Crippen molar-refractivity contribution >= 4 is 17.6 Å². The maximum absolute atomic E-state index is 13.5. The van der Waals surface area contributed by atoms with Crippen molar-refractivity contribution in [3.8, 4) is 34.0 Å². The van der Waals surface area contributed by atoms with Crippen LogP contribution in [0.4, 0.5) is 0 Å². The van der Waals surface area contributed by atoms with Crippen LogP contribution in [0.3, 0.4) is 0 Å². The van der Waals surface area contributed by atoms with Crippen LogP contribution in [0.2, 0.25) is 0 Å². The highest BCUT2D eigenvalue weighted by atomic mass is 32.1. The molecule has 28 heavy (non-hydrogen) atoms. The Balaban J connectivity index is 1.90. The van der Waals surface area contributed by atoms with Gasteiger partial charge in [-0.2, -0.15) is 11.3 Å². The Labute approximate surface area is 163 Å². The monoisotopic (exact) mass is 387 g/mol. The van der Waals surface area contributed by atoms with E-state index in [-0.39, 0.29) is 12.2 Å². The summed E-state index contributed by atoms with van der Waals surface area (Å²) in [5.41, 5.74) is 3.83. The van der Waals surface area contributed by atoms with Gasteiger partial charge in [0.1, 0.15) is 29.4 Å². The highest BCUT2D eigenvalue weighted by Gasteiger charge is 2.26. The number of hydrogen-bond acceptors (Lipinski definition) is 7. The predicted octanol–water partition coefficient (Wildman–Crippen LogP) is 3.31. The molecule has 0 unspecified atom stereocenters. The van der Waals surface area contributed by atoms with E-state index >= 15 is 0 Å². The van der Waals surface area contributed by atoms with E-state index in [0.717, 1.165) is 23.2 Å². The topological polar surface area (TPSA) is 93.8 Å². The summed E-state index contributed by atoms with van der Waals surface area (Å²) >= 11 is 1.51. The van der Waals surface area contributed by atoms with Gasteiger partial charge >= 0.3 is 0 Å². The summed E-state index contributed by atoms with van der Waals surface area (Å²) in [6.45, 7) is 0.261. The summed E-state index contributed by atoms with van der Waals surface area (Å²) in [7, 11) is 0. The van der Waals surface area contributed by atoms with Gasteiger partial charge in [-0.05, 0) is 29.6 Å². The fourth-order valence-electron chi connectivity index (χ4n) is 3.34. The summed E-state index contributed by atoms with van der Waals surface area (Å²) in [6, 6.07) is 7.34. The minimum Gasteiger partial charge on any atom is -0.485 e. The smallest absolute Gasteiger partial charge is 0.265 e. The van der Waals surface area contributed by atoms with Crippen molar-refractivity contribution in [1.29, 1.82) is 5.41 Å². The minimum atomic E-state index is -0.233. The van der Waals surface area contributed by atoms with E-state index in [2.05, 4.69) is 15.0 Å². The lowest BCUT2D eigenvalue weighted by Gasteiger charge is -2.24. The largest absolute Gasteiger partial charge is 0.485 e. The first-order valence-corrected chi connectivity index (χ1v) is 9.43. The maximum Gasteiger partial charge on any atom is 0.265 e. The molecule has 0 bridgehead atoms. The number of ether oxygens (including phenoxy) is 1. The van der Waals surface area contributed by atoms with Crippen LogP contribution in [0.5, 0.6) is 5.75 Å². The Morgan fingerprint density at radius 1 is 1.11 bits per heavy atom. The molecular weight excluding hydrogens is 374 g/mol. The third-order valence-electron chi connectivity index (χ3n) is 4.58. The van der Waals surface area contributed by atoms with Crippen LogP contribution < -0.4 is 10.3 Å². The van der Waals surface area contributed by atoms with E-state index in [1.807, 2.05) is 29.0 Å². The second kappa shape index (κ2) is 6.50. The van der Waals surface area contributed by atoms with Crippen molar-refractivity contribution in [2.75, 3.05) is 0 Å². The molecule has 1 aliphatic heterocycles. The number of rotatable bonds is 3. The fraction of sp³-hybridized carbons (Fsp3) is 0.0500. The fourth-order valence-corrected chi connectivity index (χ4v) is 3.96. The Morgan fingerprint density at radius 2 is 1.96 bits per heavy atom. The van der Waals surface area contributed by atoms with Crippen LogP contribution in [0.15, 0.2) is 58.4 Å². The average molecular weight is 387 g/mol. The lowest BCUT2D eigenvalue weighted by atomic mass is 10.0. The molecule has 5 heterocycles. The quantitative estimate of drug-likeness (QED) is 0.544. The lowest BCUT2D eigenvalue weighted by molar-refractivity contribution is 0.292. The molecule has 0 radical (unpaired) electrons. The van der Waals surface area contributed by atoms with Crippen LogP contribution >= 0.6 is 11.3 Å². The number of nitrogens with one attached hydrogen (secondary N) is 1. The molecule has 0 saturated heterocycles. The van der Waals surface area contributed by atoms with E-state index in [4.69, 9.17) is 10.1 Å². The van der Waals surface area contributed by atoms with Crippen molar-refractivity contribution in [3.63, 3.8) is 0 Å². The molecule has 0 spiro atoms. The summed E-state index contributed by atoms with van der Waals surface area (Å²) in [4.78, 5) is 26.4. The first-order chi connectivity index (χ1) is 13.8. The molecule has 1 aliphatic rings. The Kier molecular flexibility index (Phi) is 3.84. The molecular formula is C20H13N5O2S. The standard InChI is InChI=1S/C20H13N5O2S/c21-9-15-18(24-6-5-22-15)14-8-13-16(10-27-17-2-1-4-23-19(13)17)25(20(14)26)12-3-7-28-11-12/h1-9,11,21H,10H2. The van der Waals surface area contributed by atoms with Crippen molar-refractivity contribution in [2.24, 2.45) is 0 Å². The van der Waals surface area contributed by atoms with Crippen LogP contribution in [0.1, 0.15) is 11.4 Å². The van der Waals surface area contributed by atoms with Gasteiger partial charge in [0.15, 0.2) is 0 Å². The summed E-state index contributed by atoms with van der Waals surface area (Å²) in [6.07, 6.45) is 5.82. The number of nitrogens with zero attached hydrogens (tertiary/aromatic N) is 4. The van der Waals surface area contributed by atoms with Crippen LogP contribution in [0, 0.1) is 5.41 Å². The lowest BCUT2D eigenvalue weighted by Crippen LogP contribution is -2.27. The average Bonchev–Trinajstić information content (AvgIpc) is 3.27. The molecule has 136 valence electrons. The second-order valence-electron chi connectivity index (χ2n) is 6.11. The first kappa shape index (κ1) is 16.5. The van der Waals surface area contributed by atoms with Gasteiger partial charge in [-0.1, -0.05) is 0 Å². The Hall–Kier alpha value is -3.65. The molecule has 7 nitrogen and oxygen atoms in total. The second-order valence-corrected chi connectivity index (χ2v) is 6.89. The normalized spacial score (nSPS) is 12.0. The van der Waals surface area contributed by atoms with Crippen molar-refractivity contribution in [3.05, 3.63) is 75.4 Å². The van der Waals surface area contributed by atoms with E-state index in [9.17, 15) is 4.79 Å². The third-order valence-corrected chi connectivity index (χ3v) is 5.25.